The number of hydrogen-bond donors (Lipinski definition) is 2. The van der Waals surface area contributed by atoms with Gasteiger partial charge in [-0.25, -0.2) is 4.98 Å². The minimum Gasteiger partial charge on any atom is -0.348 e. The van der Waals surface area contributed by atoms with E-state index in [0.717, 1.165) is 55.5 Å². The van der Waals surface area contributed by atoms with Gasteiger partial charge in [0, 0.05) is 30.6 Å². The molecule has 0 saturated heterocycles. The number of aryl methyl sites for hydroxylation is 3. The maximum atomic E-state index is 12.7. The molecule has 7 nitrogen and oxygen atoms in total. The molecule has 25 heavy (non-hydrogen) atoms. The third-order valence-corrected chi connectivity index (χ3v) is 5.31. The van der Waals surface area contributed by atoms with Gasteiger partial charge in [0.1, 0.15) is 11.5 Å². The number of rotatable bonds is 3. The van der Waals surface area contributed by atoms with Gasteiger partial charge in [0.15, 0.2) is 0 Å². The number of aromatic amines is 1. The summed E-state index contributed by atoms with van der Waals surface area (Å²) in [6.07, 6.45) is 5.82. The van der Waals surface area contributed by atoms with E-state index in [1.54, 1.807) is 17.7 Å². The number of aromatic nitrogens is 4. The Kier molecular flexibility index (Phi) is 3.94. The van der Waals surface area contributed by atoms with Crippen molar-refractivity contribution in [2.75, 3.05) is 0 Å². The Morgan fingerprint density at radius 2 is 2.08 bits per heavy atom. The summed E-state index contributed by atoms with van der Waals surface area (Å²) in [4.78, 5) is 31.4. The summed E-state index contributed by atoms with van der Waals surface area (Å²) in [5.41, 5.74) is 3.62. The Bertz CT molecular complexity index is 876. The molecule has 1 saturated carbocycles. The highest BCUT2D eigenvalue weighted by Crippen LogP contribution is 2.35. The fourth-order valence-electron chi connectivity index (χ4n) is 4.01. The zero-order valence-corrected chi connectivity index (χ0v) is 14.6. The molecule has 132 valence electrons. The number of hydrogen-bond acceptors (Lipinski definition) is 4. The van der Waals surface area contributed by atoms with Crippen molar-refractivity contribution in [3.63, 3.8) is 0 Å². The Morgan fingerprint density at radius 3 is 2.84 bits per heavy atom. The van der Waals surface area contributed by atoms with Crippen LogP contribution < -0.4 is 10.9 Å². The van der Waals surface area contributed by atoms with Gasteiger partial charge < -0.3 is 10.3 Å². The number of H-pyrrole nitrogens is 1. The second kappa shape index (κ2) is 6.13. The van der Waals surface area contributed by atoms with E-state index in [9.17, 15) is 9.59 Å². The predicted molar refractivity (Wildman–Crippen MR) is 92.7 cm³/mol. The standard InChI is InChI=1S/C18H23N5O2/c1-10-19-15(9-16(24)20-10)11-7-12(8-11)21-18(25)17-13-5-3-4-6-14(13)22-23(17)2/h9,11-12H,3-8H2,1-2H3,(H,21,25)(H,19,20,24). The van der Waals surface area contributed by atoms with Gasteiger partial charge in [0.05, 0.1) is 11.4 Å². The lowest BCUT2D eigenvalue weighted by Gasteiger charge is -2.35. The van der Waals surface area contributed by atoms with Crippen molar-refractivity contribution < 1.29 is 4.79 Å². The van der Waals surface area contributed by atoms with Crippen LogP contribution in [-0.4, -0.2) is 31.7 Å². The molecular formula is C18H23N5O2. The molecule has 2 N–H and O–H groups in total. The van der Waals surface area contributed by atoms with Crippen molar-refractivity contribution in [2.45, 2.75) is 57.4 Å². The molecule has 0 bridgehead atoms. The average molecular weight is 341 g/mol. The van der Waals surface area contributed by atoms with Crippen LogP contribution in [0.15, 0.2) is 10.9 Å². The molecule has 0 aromatic carbocycles. The summed E-state index contributed by atoms with van der Waals surface area (Å²) in [5, 5.41) is 7.64. The van der Waals surface area contributed by atoms with Gasteiger partial charge in [-0.15, -0.1) is 0 Å². The van der Waals surface area contributed by atoms with Crippen LogP contribution in [0.25, 0.3) is 0 Å². The summed E-state index contributed by atoms with van der Waals surface area (Å²) in [7, 11) is 1.85. The summed E-state index contributed by atoms with van der Waals surface area (Å²) in [5.74, 6) is 0.847. The van der Waals surface area contributed by atoms with E-state index < -0.39 is 0 Å². The lowest BCUT2D eigenvalue weighted by molar-refractivity contribution is 0.0897. The first-order chi connectivity index (χ1) is 12.0. The Hall–Kier alpha value is -2.44. The van der Waals surface area contributed by atoms with E-state index in [1.165, 1.54) is 0 Å². The monoisotopic (exact) mass is 341 g/mol. The van der Waals surface area contributed by atoms with Gasteiger partial charge >= 0.3 is 0 Å². The maximum absolute atomic E-state index is 12.7. The molecule has 2 heterocycles. The van der Waals surface area contributed by atoms with Crippen molar-refractivity contribution in [3.8, 4) is 0 Å². The Labute approximate surface area is 145 Å². The minimum atomic E-state index is -0.114. The number of amides is 1. The second-order valence-corrected chi connectivity index (χ2v) is 7.20. The summed E-state index contributed by atoms with van der Waals surface area (Å²) < 4.78 is 1.73. The van der Waals surface area contributed by atoms with Crippen LogP contribution in [-0.2, 0) is 19.9 Å². The molecule has 2 aliphatic rings. The van der Waals surface area contributed by atoms with Crippen LogP contribution in [0.3, 0.4) is 0 Å². The normalized spacial score (nSPS) is 22.2. The predicted octanol–water partition coefficient (Wildman–Crippen LogP) is 1.37. The highest BCUT2D eigenvalue weighted by Gasteiger charge is 2.34. The van der Waals surface area contributed by atoms with Crippen molar-refractivity contribution in [2.24, 2.45) is 7.05 Å². The Morgan fingerprint density at radius 1 is 1.32 bits per heavy atom. The lowest BCUT2D eigenvalue weighted by Crippen LogP contribution is -2.44. The minimum absolute atomic E-state index is 0.0309. The number of nitrogens with one attached hydrogen (secondary N) is 2. The van der Waals surface area contributed by atoms with E-state index in [4.69, 9.17) is 0 Å². The largest absolute Gasteiger partial charge is 0.348 e. The van der Waals surface area contributed by atoms with Gasteiger partial charge in [0.2, 0.25) is 0 Å². The molecule has 1 fully saturated rings. The molecule has 0 atom stereocenters. The number of fused-ring (bicyclic) bond motifs is 1. The molecule has 1 amide bonds. The number of carbonyl (C=O) groups is 1. The fraction of sp³-hybridized carbons (Fsp3) is 0.556. The highest BCUT2D eigenvalue weighted by molar-refractivity contribution is 5.94. The summed E-state index contributed by atoms with van der Waals surface area (Å²) in [6.45, 7) is 1.79. The lowest BCUT2D eigenvalue weighted by atomic mass is 9.78. The first-order valence-electron chi connectivity index (χ1n) is 8.94. The van der Waals surface area contributed by atoms with Crippen LogP contribution in [0.4, 0.5) is 0 Å². The first kappa shape index (κ1) is 16.1. The van der Waals surface area contributed by atoms with Crippen LogP contribution in [0, 0.1) is 6.92 Å². The maximum Gasteiger partial charge on any atom is 0.270 e. The molecule has 0 radical (unpaired) electrons. The van der Waals surface area contributed by atoms with E-state index >= 15 is 0 Å². The fourth-order valence-corrected chi connectivity index (χ4v) is 4.01. The second-order valence-electron chi connectivity index (χ2n) is 7.20. The molecule has 2 aromatic heterocycles. The van der Waals surface area contributed by atoms with Gasteiger partial charge in [-0.3, -0.25) is 14.3 Å². The van der Waals surface area contributed by atoms with E-state index in [-0.39, 0.29) is 23.4 Å². The highest BCUT2D eigenvalue weighted by atomic mass is 16.2. The number of nitrogens with zero attached hydrogens (tertiary/aromatic N) is 3. The zero-order valence-electron chi connectivity index (χ0n) is 14.6. The molecule has 2 aliphatic carbocycles. The Balaban J connectivity index is 1.42. The van der Waals surface area contributed by atoms with Crippen LogP contribution in [0.2, 0.25) is 0 Å². The van der Waals surface area contributed by atoms with Crippen LogP contribution in [0.5, 0.6) is 0 Å². The first-order valence-corrected chi connectivity index (χ1v) is 8.94. The van der Waals surface area contributed by atoms with Gasteiger partial charge in [-0.2, -0.15) is 5.10 Å². The number of carbonyl (C=O) groups excluding carboxylic acids is 1. The molecule has 0 spiro atoms. The van der Waals surface area contributed by atoms with Crippen molar-refractivity contribution in [1.82, 2.24) is 25.1 Å². The van der Waals surface area contributed by atoms with Crippen molar-refractivity contribution in [1.29, 1.82) is 0 Å². The van der Waals surface area contributed by atoms with Gasteiger partial charge in [0.25, 0.3) is 11.5 Å². The molecule has 0 aliphatic heterocycles. The van der Waals surface area contributed by atoms with Crippen molar-refractivity contribution in [3.05, 3.63) is 44.9 Å². The smallest absolute Gasteiger partial charge is 0.270 e. The van der Waals surface area contributed by atoms with Gasteiger partial charge in [-0.05, 0) is 45.4 Å². The zero-order chi connectivity index (χ0) is 17.6. The summed E-state index contributed by atoms with van der Waals surface area (Å²) in [6, 6.07) is 1.70. The topological polar surface area (TPSA) is 92.7 Å². The third-order valence-electron chi connectivity index (χ3n) is 5.31. The van der Waals surface area contributed by atoms with Crippen LogP contribution >= 0.6 is 0 Å². The van der Waals surface area contributed by atoms with E-state index in [2.05, 4.69) is 20.4 Å². The molecular weight excluding hydrogens is 318 g/mol. The van der Waals surface area contributed by atoms with Crippen LogP contribution in [0.1, 0.15) is 64.9 Å². The van der Waals surface area contributed by atoms with E-state index in [0.29, 0.717) is 11.5 Å². The average Bonchev–Trinajstić information content (AvgIpc) is 2.85. The quantitative estimate of drug-likeness (QED) is 0.882. The van der Waals surface area contributed by atoms with Crippen molar-refractivity contribution >= 4 is 5.91 Å². The van der Waals surface area contributed by atoms with Gasteiger partial charge in [-0.1, -0.05) is 0 Å². The molecule has 7 heteroatoms. The SMILES string of the molecule is Cc1nc(C2CC(NC(=O)c3c4c(nn3C)CCCC4)C2)cc(=O)[nH]1. The summed E-state index contributed by atoms with van der Waals surface area (Å²) >= 11 is 0. The molecule has 2 aromatic rings. The molecule has 4 rings (SSSR count). The third kappa shape index (κ3) is 2.99. The molecule has 0 unspecified atom stereocenters. The van der Waals surface area contributed by atoms with E-state index in [1.807, 2.05) is 7.05 Å².